The van der Waals surface area contributed by atoms with Crippen LogP contribution < -0.4 is 21.1 Å². The summed E-state index contributed by atoms with van der Waals surface area (Å²) >= 11 is 1.32. The zero-order valence-electron chi connectivity index (χ0n) is 17.3. The number of benzene rings is 2. The van der Waals surface area contributed by atoms with Crippen LogP contribution in [0.5, 0.6) is 5.75 Å². The highest BCUT2D eigenvalue weighted by Gasteiger charge is 2.25. The number of rotatable bonds is 4. The van der Waals surface area contributed by atoms with Crippen LogP contribution in [-0.4, -0.2) is 35.4 Å². The minimum Gasteiger partial charge on any atom is -0.497 e. The number of nitrogen functional groups attached to an aromatic ring is 1. The molecule has 0 fully saturated rings. The van der Waals surface area contributed by atoms with Crippen molar-refractivity contribution in [3.8, 4) is 11.9 Å². The molecule has 1 aliphatic heterocycles. The maximum atomic E-state index is 12.8. The first-order valence-electron chi connectivity index (χ1n) is 9.84. The fourth-order valence-corrected chi connectivity index (χ4v) is 4.29. The van der Waals surface area contributed by atoms with Gasteiger partial charge >= 0.3 is 0 Å². The van der Waals surface area contributed by atoms with Crippen LogP contribution in [0.25, 0.3) is 0 Å². The van der Waals surface area contributed by atoms with Crippen molar-refractivity contribution < 1.29 is 9.53 Å². The number of aliphatic imine (C=N–C) groups is 1. The van der Waals surface area contributed by atoms with Crippen molar-refractivity contribution in [2.75, 3.05) is 24.7 Å². The summed E-state index contributed by atoms with van der Waals surface area (Å²) in [5, 5.41) is 15.0. The number of nitriles is 1. The van der Waals surface area contributed by atoms with Crippen LogP contribution in [0.3, 0.4) is 0 Å². The number of aromatic nitrogens is 1. The van der Waals surface area contributed by atoms with Gasteiger partial charge in [-0.2, -0.15) is 5.26 Å². The average Bonchev–Trinajstić information content (AvgIpc) is 3.24. The van der Waals surface area contributed by atoms with Crippen LogP contribution in [0.1, 0.15) is 20.4 Å². The first-order chi connectivity index (χ1) is 15.6. The molecule has 0 radical (unpaired) electrons. The monoisotopic (exact) mass is 447 g/mol. The molecule has 0 aliphatic carbocycles. The van der Waals surface area contributed by atoms with Crippen LogP contribution >= 0.6 is 11.3 Å². The third kappa shape index (κ3) is 4.63. The minimum atomic E-state index is -0.329. The molecule has 32 heavy (non-hydrogen) atoms. The number of methoxy groups -OCH3 is 1. The lowest BCUT2D eigenvalue weighted by molar-refractivity contribution is 0.102. The lowest BCUT2D eigenvalue weighted by Gasteiger charge is -2.28. The zero-order chi connectivity index (χ0) is 22.5. The van der Waals surface area contributed by atoms with Gasteiger partial charge in [-0.05, 0) is 24.3 Å². The van der Waals surface area contributed by atoms with Gasteiger partial charge in [-0.15, -0.1) is 11.3 Å². The Labute approximate surface area is 189 Å². The van der Waals surface area contributed by atoms with Gasteiger partial charge in [0.05, 0.1) is 36.4 Å². The number of carbonyl (C=O) groups is 1. The van der Waals surface area contributed by atoms with Gasteiger partial charge in [-0.1, -0.05) is 18.2 Å². The van der Waals surface area contributed by atoms with Crippen LogP contribution in [0.15, 0.2) is 53.5 Å². The molecule has 9 nitrogen and oxygen atoms in total. The van der Waals surface area contributed by atoms with Gasteiger partial charge in [-0.3, -0.25) is 10.1 Å². The van der Waals surface area contributed by atoms with Crippen molar-refractivity contribution >= 4 is 40.3 Å². The molecular formula is C22H21N7O2S. The number of fused-ring (bicyclic) bond motifs is 1. The lowest BCUT2D eigenvalue weighted by atomic mass is 10.2. The van der Waals surface area contributed by atoms with E-state index < -0.39 is 0 Å². The Morgan fingerprint density at radius 2 is 2.12 bits per heavy atom. The molecule has 0 spiro atoms. The summed E-state index contributed by atoms with van der Waals surface area (Å²) in [6.45, 7) is 1.13. The molecule has 0 saturated heterocycles. The van der Waals surface area contributed by atoms with Crippen molar-refractivity contribution in [3.05, 3.63) is 64.1 Å². The number of amides is 1. The lowest BCUT2D eigenvalue weighted by Crippen LogP contribution is -2.42. The minimum absolute atomic E-state index is 0.329. The number of nitrogens with two attached hydrogens (primary N) is 1. The van der Waals surface area contributed by atoms with E-state index >= 15 is 0 Å². The number of thiazole rings is 1. The topological polar surface area (TPSA) is 129 Å². The number of guanidine groups is 1. The Bertz CT molecular complexity index is 1200. The van der Waals surface area contributed by atoms with Gasteiger partial charge in [0.15, 0.2) is 11.2 Å². The second kappa shape index (κ2) is 9.36. The molecule has 0 saturated carbocycles. The molecule has 2 aromatic carbocycles. The number of nitrogens with zero attached hydrogens (tertiary/aromatic N) is 4. The molecule has 0 atom stereocenters. The van der Waals surface area contributed by atoms with Crippen LogP contribution in [0.4, 0.5) is 17.1 Å². The third-order valence-corrected chi connectivity index (χ3v) is 5.97. The Kier molecular flexibility index (Phi) is 6.19. The number of hydrogen-bond acceptors (Lipinski definition) is 7. The summed E-state index contributed by atoms with van der Waals surface area (Å²) in [7, 11) is 1.55. The Hall–Kier alpha value is -4.10. The van der Waals surface area contributed by atoms with Crippen molar-refractivity contribution in [2.24, 2.45) is 4.99 Å². The van der Waals surface area contributed by atoms with E-state index in [4.69, 9.17) is 15.7 Å². The average molecular weight is 448 g/mol. The molecule has 4 rings (SSSR count). The maximum Gasteiger partial charge on any atom is 0.284 e. The van der Waals surface area contributed by atoms with Crippen LogP contribution in [0.2, 0.25) is 0 Å². The highest BCUT2D eigenvalue weighted by molar-refractivity contribution is 7.13. The second-order valence-electron chi connectivity index (χ2n) is 6.98. The van der Waals surface area contributed by atoms with E-state index in [9.17, 15) is 4.79 Å². The molecule has 1 amide bonds. The summed E-state index contributed by atoms with van der Waals surface area (Å²) in [5.41, 5.74) is 8.51. The van der Waals surface area contributed by atoms with Crippen molar-refractivity contribution in [2.45, 2.75) is 13.0 Å². The molecule has 162 valence electrons. The fraction of sp³-hybridized carbons (Fsp3) is 0.182. The Morgan fingerprint density at radius 1 is 1.31 bits per heavy atom. The predicted molar refractivity (Wildman–Crippen MR) is 124 cm³/mol. The van der Waals surface area contributed by atoms with Crippen LogP contribution in [0, 0.1) is 11.5 Å². The second-order valence-corrected chi connectivity index (χ2v) is 8.06. The number of anilines is 2. The Balaban J connectivity index is 1.52. The molecule has 0 bridgehead atoms. The van der Waals surface area contributed by atoms with E-state index in [1.165, 1.54) is 11.3 Å². The largest absolute Gasteiger partial charge is 0.497 e. The zero-order valence-corrected chi connectivity index (χ0v) is 18.1. The van der Waals surface area contributed by atoms with E-state index in [2.05, 4.69) is 20.6 Å². The van der Waals surface area contributed by atoms with E-state index in [0.29, 0.717) is 47.6 Å². The normalized spacial score (nSPS) is 13.1. The molecule has 0 unspecified atom stereocenters. The first-order valence-corrected chi connectivity index (χ1v) is 10.7. The SMILES string of the molecule is COc1ccc(N)c(NC(=O)c2nc3c(s2)CN(C(=Nc2ccccc2)NC#N)CC3)c1. The van der Waals surface area contributed by atoms with Gasteiger partial charge in [0, 0.05) is 23.9 Å². The van der Waals surface area contributed by atoms with E-state index in [1.807, 2.05) is 41.4 Å². The molecular weight excluding hydrogens is 426 g/mol. The van der Waals surface area contributed by atoms with E-state index in [1.54, 1.807) is 25.3 Å². The highest BCUT2D eigenvalue weighted by atomic mass is 32.1. The summed E-state index contributed by atoms with van der Waals surface area (Å²) in [4.78, 5) is 24.8. The van der Waals surface area contributed by atoms with E-state index in [0.717, 1.165) is 16.3 Å². The molecule has 4 N–H and O–H groups in total. The first kappa shape index (κ1) is 21.1. The smallest absolute Gasteiger partial charge is 0.284 e. The molecule has 1 aromatic heterocycles. The quantitative estimate of drug-likeness (QED) is 0.184. The number of carbonyl (C=O) groups excluding carboxylic acids is 1. The van der Waals surface area contributed by atoms with Crippen LogP contribution in [-0.2, 0) is 13.0 Å². The summed E-state index contributed by atoms with van der Waals surface area (Å²) in [6.07, 6.45) is 2.59. The van der Waals surface area contributed by atoms with Gasteiger partial charge in [-0.25, -0.2) is 9.98 Å². The van der Waals surface area contributed by atoms with Crippen molar-refractivity contribution in [3.63, 3.8) is 0 Å². The standard InChI is InChI=1S/C22H21N7O2S/c1-31-15-7-8-16(24)18(11-15)27-20(30)21-28-17-9-10-29(12-19(17)32-21)22(25-13-23)26-14-5-3-2-4-6-14/h2-8,11H,9-10,12,24H2,1H3,(H,25,26)(H,27,30). The number of hydrogen-bond donors (Lipinski definition) is 3. The molecule has 1 aliphatic rings. The number of para-hydroxylation sites is 1. The maximum absolute atomic E-state index is 12.8. The van der Waals surface area contributed by atoms with Gasteiger partial charge < -0.3 is 20.7 Å². The highest BCUT2D eigenvalue weighted by Crippen LogP contribution is 2.28. The van der Waals surface area contributed by atoms with E-state index in [-0.39, 0.29) is 5.91 Å². The van der Waals surface area contributed by atoms with Gasteiger partial charge in [0.25, 0.3) is 5.91 Å². The Morgan fingerprint density at radius 3 is 2.88 bits per heavy atom. The predicted octanol–water partition coefficient (Wildman–Crippen LogP) is 3.10. The van der Waals surface area contributed by atoms with Gasteiger partial charge in [0.1, 0.15) is 5.75 Å². The van der Waals surface area contributed by atoms with Gasteiger partial charge in [0.2, 0.25) is 5.96 Å². The number of ether oxygens (including phenoxy) is 1. The number of nitrogens with one attached hydrogen (secondary N) is 2. The molecule has 3 aromatic rings. The fourth-order valence-electron chi connectivity index (χ4n) is 3.27. The third-order valence-electron chi connectivity index (χ3n) is 4.89. The molecule has 2 heterocycles. The summed E-state index contributed by atoms with van der Waals surface area (Å²) < 4.78 is 5.19. The van der Waals surface area contributed by atoms with Crippen molar-refractivity contribution in [1.29, 1.82) is 5.26 Å². The molecule has 10 heteroatoms. The summed E-state index contributed by atoms with van der Waals surface area (Å²) in [6, 6.07) is 14.5. The van der Waals surface area contributed by atoms with Crippen molar-refractivity contribution in [1.82, 2.24) is 15.2 Å². The summed E-state index contributed by atoms with van der Waals surface area (Å²) in [5.74, 6) is 0.732.